The number of carbonyl (C=O) groups excluding carboxylic acids is 1. The van der Waals surface area contributed by atoms with E-state index in [4.69, 9.17) is 4.74 Å². The van der Waals surface area contributed by atoms with E-state index in [0.717, 1.165) is 16.8 Å². The molecule has 1 N–H and O–H groups in total. The maximum Gasteiger partial charge on any atom is 0.295 e. The molecule has 0 atom stereocenters. The number of carbonyl (C=O) groups is 1. The van der Waals surface area contributed by atoms with Gasteiger partial charge in [0.2, 0.25) is 5.82 Å². The smallest absolute Gasteiger partial charge is 0.295 e. The van der Waals surface area contributed by atoms with Crippen molar-refractivity contribution >= 4 is 11.6 Å². The number of benzene rings is 3. The molecule has 1 heterocycles. The molecular formula is C23H20N4O2. The SMILES string of the molecule is COc1cccc(NC(=O)c2nc(-c3ccccc3)n(-c3cccc(C)c3)n2)c1. The highest BCUT2D eigenvalue weighted by Crippen LogP contribution is 2.22. The van der Waals surface area contributed by atoms with Gasteiger partial charge in [0.05, 0.1) is 12.8 Å². The lowest BCUT2D eigenvalue weighted by Crippen LogP contribution is -2.14. The van der Waals surface area contributed by atoms with E-state index in [1.165, 1.54) is 0 Å². The van der Waals surface area contributed by atoms with Crippen molar-refractivity contribution in [2.45, 2.75) is 6.92 Å². The average molecular weight is 384 g/mol. The second kappa shape index (κ2) is 7.98. The average Bonchev–Trinajstić information content (AvgIpc) is 3.20. The van der Waals surface area contributed by atoms with Gasteiger partial charge in [-0.25, -0.2) is 9.67 Å². The molecule has 0 bridgehead atoms. The number of aromatic nitrogens is 3. The van der Waals surface area contributed by atoms with Crippen molar-refractivity contribution in [1.82, 2.24) is 14.8 Å². The fraction of sp³-hybridized carbons (Fsp3) is 0.0870. The van der Waals surface area contributed by atoms with Crippen molar-refractivity contribution in [3.8, 4) is 22.8 Å². The van der Waals surface area contributed by atoms with E-state index in [1.54, 1.807) is 23.9 Å². The quantitative estimate of drug-likeness (QED) is 0.550. The lowest BCUT2D eigenvalue weighted by Gasteiger charge is -2.06. The maximum atomic E-state index is 12.8. The van der Waals surface area contributed by atoms with Gasteiger partial charge in [0.1, 0.15) is 5.75 Å². The highest BCUT2D eigenvalue weighted by atomic mass is 16.5. The lowest BCUT2D eigenvalue weighted by molar-refractivity contribution is 0.101. The molecule has 0 unspecified atom stereocenters. The Kier molecular flexibility index (Phi) is 5.07. The summed E-state index contributed by atoms with van der Waals surface area (Å²) in [5.41, 5.74) is 3.43. The predicted octanol–water partition coefficient (Wildman–Crippen LogP) is 4.50. The molecule has 0 aliphatic heterocycles. The van der Waals surface area contributed by atoms with Crippen molar-refractivity contribution in [3.05, 3.63) is 90.3 Å². The highest BCUT2D eigenvalue weighted by molar-refractivity contribution is 6.02. The highest BCUT2D eigenvalue weighted by Gasteiger charge is 2.19. The Morgan fingerprint density at radius 3 is 2.52 bits per heavy atom. The monoisotopic (exact) mass is 384 g/mol. The van der Waals surface area contributed by atoms with Crippen molar-refractivity contribution in [2.75, 3.05) is 12.4 Å². The third-order valence-corrected chi connectivity index (χ3v) is 4.42. The van der Waals surface area contributed by atoms with Crippen LogP contribution in [0.4, 0.5) is 5.69 Å². The molecule has 0 saturated carbocycles. The van der Waals surface area contributed by atoms with Gasteiger partial charge in [-0.3, -0.25) is 4.79 Å². The first-order valence-electron chi connectivity index (χ1n) is 9.19. The number of methoxy groups -OCH3 is 1. The zero-order chi connectivity index (χ0) is 20.2. The van der Waals surface area contributed by atoms with Gasteiger partial charge in [-0.2, -0.15) is 0 Å². The second-order valence-electron chi connectivity index (χ2n) is 6.56. The summed E-state index contributed by atoms with van der Waals surface area (Å²) in [7, 11) is 1.58. The van der Waals surface area contributed by atoms with Crippen LogP contribution in [0.15, 0.2) is 78.9 Å². The summed E-state index contributed by atoms with van der Waals surface area (Å²) < 4.78 is 6.90. The van der Waals surface area contributed by atoms with Crippen LogP contribution in [0.1, 0.15) is 16.2 Å². The van der Waals surface area contributed by atoms with E-state index >= 15 is 0 Å². The number of aryl methyl sites for hydroxylation is 1. The third kappa shape index (κ3) is 4.01. The molecule has 0 saturated heterocycles. The van der Waals surface area contributed by atoms with Crippen LogP contribution in [0.25, 0.3) is 17.1 Å². The van der Waals surface area contributed by atoms with Gasteiger partial charge in [0.25, 0.3) is 5.91 Å². The predicted molar refractivity (Wildman–Crippen MR) is 112 cm³/mol. The molecule has 144 valence electrons. The van der Waals surface area contributed by atoms with Crippen molar-refractivity contribution < 1.29 is 9.53 Å². The molecule has 0 aliphatic carbocycles. The van der Waals surface area contributed by atoms with Crippen LogP contribution in [0, 0.1) is 6.92 Å². The number of nitrogens with zero attached hydrogens (tertiary/aromatic N) is 3. The van der Waals surface area contributed by atoms with E-state index < -0.39 is 0 Å². The third-order valence-electron chi connectivity index (χ3n) is 4.42. The lowest BCUT2D eigenvalue weighted by atomic mass is 10.2. The zero-order valence-electron chi connectivity index (χ0n) is 16.2. The molecule has 0 radical (unpaired) electrons. The molecule has 0 fully saturated rings. The molecule has 4 rings (SSSR count). The van der Waals surface area contributed by atoms with Gasteiger partial charge in [0.15, 0.2) is 5.82 Å². The van der Waals surface area contributed by atoms with Crippen LogP contribution in [0.3, 0.4) is 0 Å². The molecule has 3 aromatic carbocycles. The van der Waals surface area contributed by atoms with E-state index in [1.807, 2.05) is 73.7 Å². The largest absolute Gasteiger partial charge is 0.497 e. The molecule has 0 spiro atoms. The maximum absolute atomic E-state index is 12.8. The van der Waals surface area contributed by atoms with Crippen LogP contribution >= 0.6 is 0 Å². The molecule has 1 aromatic heterocycles. The van der Waals surface area contributed by atoms with E-state index in [9.17, 15) is 4.79 Å². The first-order chi connectivity index (χ1) is 14.1. The molecule has 4 aromatic rings. The Balaban J connectivity index is 1.73. The number of hydrogen-bond donors (Lipinski definition) is 1. The summed E-state index contributed by atoms with van der Waals surface area (Å²) in [6.45, 7) is 2.01. The summed E-state index contributed by atoms with van der Waals surface area (Å²) in [5.74, 6) is 0.966. The summed E-state index contributed by atoms with van der Waals surface area (Å²) >= 11 is 0. The number of rotatable bonds is 5. The summed E-state index contributed by atoms with van der Waals surface area (Å²) in [4.78, 5) is 17.4. The topological polar surface area (TPSA) is 69.0 Å². The number of hydrogen-bond acceptors (Lipinski definition) is 4. The fourth-order valence-electron chi connectivity index (χ4n) is 3.01. The van der Waals surface area contributed by atoms with Gasteiger partial charge < -0.3 is 10.1 Å². The molecule has 6 heteroatoms. The zero-order valence-corrected chi connectivity index (χ0v) is 16.2. The minimum Gasteiger partial charge on any atom is -0.497 e. The Morgan fingerprint density at radius 2 is 1.76 bits per heavy atom. The van der Waals surface area contributed by atoms with Crippen molar-refractivity contribution in [2.24, 2.45) is 0 Å². The molecule has 6 nitrogen and oxygen atoms in total. The fourth-order valence-corrected chi connectivity index (χ4v) is 3.01. The van der Waals surface area contributed by atoms with E-state index in [-0.39, 0.29) is 11.7 Å². The summed E-state index contributed by atoms with van der Waals surface area (Å²) in [6, 6.07) is 24.8. The van der Waals surface area contributed by atoms with Crippen molar-refractivity contribution in [3.63, 3.8) is 0 Å². The first kappa shape index (κ1) is 18.4. The minimum absolute atomic E-state index is 0.0909. The standard InChI is InChI=1S/C23H20N4O2/c1-16-8-6-12-19(14-16)27-22(17-9-4-3-5-10-17)25-21(26-27)23(28)24-18-11-7-13-20(15-18)29-2/h3-15H,1-2H3,(H,24,28). The number of anilines is 1. The second-order valence-corrected chi connectivity index (χ2v) is 6.56. The van der Waals surface area contributed by atoms with Gasteiger partial charge in [0, 0.05) is 17.3 Å². The Bertz CT molecular complexity index is 1150. The first-order valence-corrected chi connectivity index (χ1v) is 9.19. The van der Waals surface area contributed by atoms with Gasteiger partial charge in [-0.15, -0.1) is 5.10 Å². The van der Waals surface area contributed by atoms with E-state index in [2.05, 4.69) is 15.4 Å². The number of amides is 1. The van der Waals surface area contributed by atoms with Gasteiger partial charge in [-0.05, 0) is 36.8 Å². The van der Waals surface area contributed by atoms with Crippen LogP contribution < -0.4 is 10.1 Å². The van der Waals surface area contributed by atoms with Crippen LogP contribution in [-0.2, 0) is 0 Å². The van der Waals surface area contributed by atoms with Crippen LogP contribution in [0.5, 0.6) is 5.75 Å². The minimum atomic E-state index is -0.387. The molecule has 0 aliphatic rings. The Labute approximate surface area is 168 Å². The molecule has 1 amide bonds. The Hall–Kier alpha value is -3.93. The molecule has 29 heavy (non-hydrogen) atoms. The number of nitrogens with one attached hydrogen (secondary N) is 1. The van der Waals surface area contributed by atoms with E-state index in [0.29, 0.717) is 17.3 Å². The molecular weight excluding hydrogens is 364 g/mol. The normalized spacial score (nSPS) is 10.6. The van der Waals surface area contributed by atoms with Crippen LogP contribution in [-0.4, -0.2) is 27.8 Å². The Morgan fingerprint density at radius 1 is 0.966 bits per heavy atom. The summed E-state index contributed by atoms with van der Waals surface area (Å²) in [5, 5.41) is 7.33. The summed E-state index contributed by atoms with van der Waals surface area (Å²) in [6.07, 6.45) is 0. The van der Waals surface area contributed by atoms with Gasteiger partial charge in [-0.1, -0.05) is 48.5 Å². The van der Waals surface area contributed by atoms with Crippen molar-refractivity contribution in [1.29, 1.82) is 0 Å². The number of ether oxygens (including phenoxy) is 1. The van der Waals surface area contributed by atoms with Gasteiger partial charge >= 0.3 is 0 Å². The van der Waals surface area contributed by atoms with Crippen LogP contribution in [0.2, 0.25) is 0 Å².